The number of hydrogen-bond donors (Lipinski definition) is 2. The second-order valence-electron chi connectivity index (χ2n) is 4.29. The highest BCUT2D eigenvalue weighted by molar-refractivity contribution is 6.16. The number of aromatic amines is 1. The molecular formula is C12H13ClN6O2+. The van der Waals surface area contributed by atoms with Crippen LogP contribution in [0.1, 0.15) is 6.92 Å². The number of aromatic nitrogens is 2. The first kappa shape index (κ1) is 13.7. The summed E-state index contributed by atoms with van der Waals surface area (Å²) in [5.74, 6) is 1.44. The lowest BCUT2D eigenvalue weighted by Crippen LogP contribution is -2.42. The fourth-order valence-electron chi connectivity index (χ4n) is 1.97. The van der Waals surface area contributed by atoms with Gasteiger partial charge in [0.15, 0.2) is 12.0 Å². The van der Waals surface area contributed by atoms with Gasteiger partial charge in [0.25, 0.3) is 11.7 Å². The molecule has 2 aliphatic heterocycles. The Morgan fingerprint density at radius 2 is 2.52 bits per heavy atom. The summed E-state index contributed by atoms with van der Waals surface area (Å²) in [6.45, 7) is 2.43. The van der Waals surface area contributed by atoms with Crippen molar-refractivity contribution in [2.24, 2.45) is 4.99 Å². The third-order valence-electron chi connectivity index (χ3n) is 2.83. The molecule has 0 amide bonds. The number of H-pyrrole nitrogens is 1. The van der Waals surface area contributed by atoms with Crippen molar-refractivity contribution in [3.05, 3.63) is 36.2 Å². The molecule has 0 atom stereocenters. The number of hydrogen-bond acceptors (Lipinski definition) is 7. The maximum atomic E-state index is 11.8. The molecule has 2 N–H and O–H groups in total. The molecular weight excluding hydrogens is 296 g/mol. The molecule has 3 rings (SSSR count). The molecule has 0 spiro atoms. The van der Waals surface area contributed by atoms with Gasteiger partial charge in [-0.1, -0.05) is 0 Å². The fourth-order valence-corrected chi connectivity index (χ4v) is 2.17. The molecule has 0 saturated heterocycles. The molecule has 1 aromatic rings. The molecule has 0 aromatic carbocycles. The van der Waals surface area contributed by atoms with Crippen LogP contribution in [0.2, 0.25) is 0 Å². The maximum Gasteiger partial charge on any atom is 0.362 e. The number of carbonyl (C=O) groups excluding carboxylic acids is 1. The van der Waals surface area contributed by atoms with Gasteiger partial charge in [-0.05, 0) is 11.8 Å². The van der Waals surface area contributed by atoms with E-state index < -0.39 is 5.97 Å². The summed E-state index contributed by atoms with van der Waals surface area (Å²) < 4.78 is 6.41. The zero-order valence-electron chi connectivity index (χ0n) is 11.2. The van der Waals surface area contributed by atoms with Gasteiger partial charge in [-0.2, -0.15) is 10.1 Å². The lowest BCUT2D eigenvalue weighted by atomic mass is 10.4. The second-order valence-corrected chi connectivity index (χ2v) is 4.72. The third kappa shape index (κ3) is 2.76. The number of aliphatic imine (C=N–C) groups is 1. The van der Waals surface area contributed by atoms with Crippen LogP contribution in [0, 0.1) is 0 Å². The average Bonchev–Trinajstić information content (AvgIpc) is 3.07. The second kappa shape index (κ2) is 5.58. The summed E-state index contributed by atoms with van der Waals surface area (Å²) >= 11 is 6.05. The Hall–Kier alpha value is -2.32. The van der Waals surface area contributed by atoms with Gasteiger partial charge >= 0.3 is 5.97 Å². The van der Waals surface area contributed by atoms with Gasteiger partial charge in [-0.3, -0.25) is 14.8 Å². The van der Waals surface area contributed by atoms with Crippen molar-refractivity contribution >= 4 is 29.4 Å². The van der Waals surface area contributed by atoms with Gasteiger partial charge in [0.2, 0.25) is 5.70 Å². The zero-order chi connectivity index (χ0) is 14.8. The molecule has 0 saturated carbocycles. The number of amidine groups is 1. The van der Waals surface area contributed by atoms with Crippen LogP contribution in [0.25, 0.3) is 0 Å². The molecule has 0 bridgehead atoms. The zero-order valence-corrected chi connectivity index (χ0v) is 12.0. The van der Waals surface area contributed by atoms with Crippen LogP contribution >= 0.6 is 11.8 Å². The highest BCUT2D eigenvalue weighted by atomic mass is 35.5. The Labute approximate surface area is 125 Å². The maximum absolute atomic E-state index is 11.8. The number of ether oxygens (including phenoxy) is 1. The number of rotatable bonds is 4. The van der Waals surface area contributed by atoms with Crippen molar-refractivity contribution in [3.63, 3.8) is 0 Å². The molecule has 9 heteroatoms. The lowest BCUT2D eigenvalue weighted by molar-refractivity contribution is -0.138. The molecule has 21 heavy (non-hydrogen) atoms. The smallest absolute Gasteiger partial charge is 0.362 e. The van der Waals surface area contributed by atoms with Crippen LogP contribution in [-0.2, 0) is 9.53 Å². The number of esters is 1. The predicted molar refractivity (Wildman–Crippen MR) is 77.1 cm³/mol. The summed E-state index contributed by atoms with van der Waals surface area (Å²) in [7, 11) is 0. The first-order valence-corrected chi connectivity index (χ1v) is 6.68. The number of carbonyl (C=O) groups is 1. The van der Waals surface area contributed by atoms with Crippen LogP contribution in [0.15, 0.2) is 41.2 Å². The topological polar surface area (TPSA) is 88.5 Å². The average molecular weight is 309 g/mol. The van der Waals surface area contributed by atoms with Crippen molar-refractivity contribution < 1.29 is 9.53 Å². The van der Waals surface area contributed by atoms with Crippen molar-refractivity contribution in [1.82, 2.24) is 19.5 Å². The minimum Gasteiger partial charge on any atom is -0.461 e. The van der Waals surface area contributed by atoms with Crippen LogP contribution in [-0.4, -0.2) is 39.6 Å². The Bertz CT molecular complexity index is 636. The molecule has 0 fully saturated rings. The van der Waals surface area contributed by atoms with E-state index in [1.165, 1.54) is 4.42 Å². The number of nitrogens with one attached hydrogen (secondary N) is 2. The fraction of sp³-hybridized carbons (Fsp3) is 0.250. The van der Waals surface area contributed by atoms with Gasteiger partial charge in [0, 0.05) is 24.0 Å². The highest BCUT2D eigenvalue weighted by Gasteiger charge is 2.41. The van der Waals surface area contributed by atoms with Gasteiger partial charge < -0.3 is 4.74 Å². The molecule has 0 unspecified atom stereocenters. The van der Waals surface area contributed by atoms with Crippen LogP contribution in [0.4, 0.5) is 5.82 Å². The predicted octanol–water partition coefficient (Wildman–Crippen LogP) is 1.05. The number of fused-ring (bicyclic) bond motifs is 1. The summed E-state index contributed by atoms with van der Waals surface area (Å²) in [5, 5.41) is 9.82. The summed E-state index contributed by atoms with van der Waals surface area (Å²) in [6, 6.07) is 1.77. The highest BCUT2D eigenvalue weighted by Crippen LogP contribution is 2.22. The van der Waals surface area contributed by atoms with Crippen LogP contribution < -0.4 is 10.2 Å². The minimum atomic E-state index is -0.459. The molecule has 2 aliphatic rings. The van der Waals surface area contributed by atoms with E-state index in [1.807, 2.05) is 0 Å². The molecule has 109 valence electrons. The number of halogens is 1. The number of anilines is 1. The molecule has 1 radical (unpaired) electrons. The Kier molecular flexibility index (Phi) is 3.63. The van der Waals surface area contributed by atoms with E-state index in [1.54, 1.807) is 36.5 Å². The quantitative estimate of drug-likeness (QED) is 0.493. The van der Waals surface area contributed by atoms with Crippen molar-refractivity contribution in [3.8, 4) is 0 Å². The van der Waals surface area contributed by atoms with Crippen molar-refractivity contribution in [1.29, 1.82) is 0 Å². The Morgan fingerprint density at radius 1 is 1.67 bits per heavy atom. The number of nitrogens with zero attached hydrogens (tertiary/aromatic N) is 4. The van der Waals surface area contributed by atoms with Crippen LogP contribution in [0.3, 0.4) is 0 Å². The van der Waals surface area contributed by atoms with Gasteiger partial charge in [-0.15, -0.1) is 0 Å². The molecule has 0 aliphatic carbocycles. The summed E-state index contributed by atoms with van der Waals surface area (Å²) in [4.78, 5) is 17.8. The largest absolute Gasteiger partial charge is 0.461 e. The SMILES string of the molecule is CCOC(=O)C1=C[N+]2C(Nc3cc[nH]n3)=CN(Cl)CC2=N1. The standard InChI is InChI=1S/C12H13ClN6O2/c1-2-21-12(20)8-5-19-10(15-8)6-18(13)7-11(19)16-9-3-4-14-17-9/h3-5,7H,2,6H2,1H3,(H2,14,16,17)/q+1. The van der Waals surface area contributed by atoms with E-state index in [4.69, 9.17) is 16.5 Å². The van der Waals surface area contributed by atoms with E-state index >= 15 is 0 Å². The van der Waals surface area contributed by atoms with Gasteiger partial charge in [0.1, 0.15) is 12.7 Å². The van der Waals surface area contributed by atoms with E-state index in [2.05, 4.69) is 20.5 Å². The Balaban J connectivity index is 1.84. The first-order chi connectivity index (χ1) is 10.2. The molecule has 8 nitrogen and oxygen atoms in total. The van der Waals surface area contributed by atoms with Crippen molar-refractivity contribution in [2.45, 2.75) is 6.92 Å². The first-order valence-electron chi connectivity index (χ1n) is 6.34. The van der Waals surface area contributed by atoms with E-state index in [-0.39, 0.29) is 5.70 Å². The van der Waals surface area contributed by atoms with Gasteiger partial charge in [0.05, 0.1) is 6.61 Å². The third-order valence-corrected chi connectivity index (χ3v) is 3.05. The minimum absolute atomic E-state index is 0.244. The monoisotopic (exact) mass is 308 g/mol. The van der Waals surface area contributed by atoms with Crippen LogP contribution in [0.5, 0.6) is 0 Å². The summed E-state index contributed by atoms with van der Waals surface area (Å²) in [6.07, 6.45) is 5.01. The van der Waals surface area contributed by atoms with Gasteiger partial charge in [-0.25, -0.2) is 4.79 Å². The normalized spacial score (nSPS) is 17.8. The van der Waals surface area contributed by atoms with E-state index in [9.17, 15) is 4.79 Å². The van der Waals surface area contributed by atoms with E-state index in [0.29, 0.717) is 30.6 Å². The van der Waals surface area contributed by atoms with E-state index in [0.717, 1.165) is 0 Å². The lowest BCUT2D eigenvalue weighted by Gasteiger charge is -2.18. The molecule has 1 aromatic heterocycles. The summed E-state index contributed by atoms with van der Waals surface area (Å²) in [5.41, 5.74) is 0.244. The van der Waals surface area contributed by atoms with Crippen molar-refractivity contribution in [2.75, 3.05) is 18.5 Å². The Morgan fingerprint density at radius 3 is 3.24 bits per heavy atom. The molecule has 3 heterocycles.